The summed E-state index contributed by atoms with van der Waals surface area (Å²) in [5, 5.41) is 0. The highest BCUT2D eigenvalue weighted by atomic mass is 15.1. The summed E-state index contributed by atoms with van der Waals surface area (Å²) in [6.07, 6.45) is 8.17. The van der Waals surface area contributed by atoms with Gasteiger partial charge in [0, 0.05) is 12.6 Å². The minimum atomic E-state index is 0.469. The first-order valence-corrected chi connectivity index (χ1v) is 8.35. The number of benzene rings is 1. The van der Waals surface area contributed by atoms with Crippen molar-refractivity contribution in [1.82, 2.24) is 4.90 Å². The maximum Gasteiger partial charge on any atom is 0.0233 e. The maximum atomic E-state index is 6.53. The molecule has 2 aliphatic rings. The van der Waals surface area contributed by atoms with E-state index in [1.807, 2.05) is 0 Å². The molecule has 1 saturated carbocycles. The lowest BCUT2D eigenvalue weighted by atomic mass is 9.82. The highest BCUT2D eigenvalue weighted by molar-refractivity contribution is 5.14. The van der Waals surface area contributed by atoms with Crippen molar-refractivity contribution in [2.75, 3.05) is 13.1 Å². The molecule has 0 bridgehead atoms. The van der Waals surface area contributed by atoms with Crippen molar-refractivity contribution in [2.24, 2.45) is 17.6 Å². The van der Waals surface area contributed by atoms with Crippen molar-refractivity contribution in [2.45, 2.75) is 51.1 Å². The molecule has 1 atom stereocenters. The fraction of sp³-hybridized carbons (Fsp3) is 0.667. The van der Waals surface area contributed by atoms with Gasteiger partial charge in [0.15, 0.2) is 0 Å². The van der Waals surface area contributed by atoms with E-state index in [1.165, 1.54) is 57.2 Å². The molecule has 1 unspecified atom stereocenters. The Labute approximate surface area is 123 Å². The average molecular weight is 272 g/mol. The minimum absolute atomic E-state index is 0.469. The molecule has 20 heavy (non-hydrogen) atoms. The van der Waals surface area contributed by atoms with Crippen LogP contribution in [-0.4, -0.2) is 24.0 Å². The van der Waals surface area contributed by atoms with E-state index in [2.05, 4.69) is 35.2 Å². The molecule has 3 rings (SSSR count). The van der Waals surface area contributed by atoms with Crippen LogP contribution in [-0.2, 0) is 6.54 Å². The van der Waals surface area contributed by atoms with E-state index in [4.69, 9.17) is 5.73 Å². The predicted molar refractivity (Wildman–Crippen MR) is 84.4 cm³/mol. The Hall–Kier alpha value is -0.860. The molecule has 1 aromatic rings. The second-order valence-electron chi connectivity index (χ2n) is 6.72. The van der Waals surface area contributed by atoms with Crippen molar-refractivity contribution in [1.29, 1.82) is 0 Å². The Morgan fingerprint density at radius 1 is 0.950 bits per heavy atom. The topological polar surface area (TPSA) is 29.3 Å². The van der Waals surface area contributed by atoms with E-state index < -0.39 is 0 Å². The molecule has 2 N–H and O–H groups in total. The lowest BCUT2D eigenvalue weighted by Crippen LogP contribution is -2.43. The number of nitrogens with two attached hydrogens (primary N) is 1. The summed E-state index contributed by atoms with van der Waals surface area (Å²) in [7, 11) is 0. The quantitative estimate of drug-likeness (QED) is 0.910. The second-order valence-corrected chi connectivity index (χ2v) is 6.72. The summed E-state index contributed by atoms with van der Waals surface area (Å²) in [5.41, 5.74) is 7.97. The molecule has 2 nitrogen and oxygen atoms in total. The zero-order valence-electron chi connectivity index (χ0n) is 12.5. The van der Waals surface area contributed by atoms with Gasteiger partial charge in [0.05, 0.1) is 0 Å². The fourth-order valence-electron chi connectivity index (χ4n) is 4.06. The van der Waals surface area contributed by atoms with Gasteiger partial charge in [0.25, 0.3) is 0 Å². The number of hydrogen-bond acceptors (Lipinski definition) is 2. The van der Waals surface area contributed by atoms with Gasteiger partial charge in [0.2, 0.25) is 0 Å². The Morgan fingerprint density at radius 3 is 2.20 bits per heavy atom. The summed E-state index contributed by atoms with van der Waals surface area (Å²) >= 11 is 0. The van der Waals surface area contributed by atoms with Crippen LogP contribution >= 0.6 is 0 Å². The monoisotopic (exact) mass is 272 g/mol. The van der Waals surface area contributed by atoms with Gasteiger partial charge >= 0.3 is 0 Å². The Morgan fingerprint density at radius 2 is 1.55 bits per heavy atom. The first kappa shape index (κ1) is 14.1. The van der Waals surface area contributed by atoms with Crippen LogP contribution in [0.25, 0.3) is 0 Å². The summed E-state index contributed by atoms with van der Waals surface area (Å²) in [4.78, 5) is 2.59. The first-order valence-electron chi connectivity index (χ1n) is 8.35. The third-order valence-electron chi connectivity index (χ3n) is 5.37. The Bertz CT molecular complexity index is 389. The Kier molecular flexibility index (Phi) is 4.74. The Balaban J connectivity index is 1.47. The molecule has 1 heterocycles. The largest absolute Gasteiger partial charge is 0.327 e. The summed E-state index contributed by atoms with van der Waals surface area (Å²) in [6.45, 7) is 3.55. The maximum absolute atomic E-state index is 6.53. The molecule has 1 aliphatic carbocycles. The average Bonchev–Trinajstić information content (AvgIpc) is 3.03. The first-order chi connectivity index (χ1) is 9.83. The second kappa shape index (κ2) is 6.73. The zero-order valence-corrected chi connectivity index (χ0v) is 12.5. The van der Waals surface area contributed by atoms with Crippen molar-refractivity contribution < 1.29 is 0 Å². The third kappa shape index (κ3) is 3.42. The standard InChI is InChI=1S/C18H28N2/c19-18(16-8-4-5-9-16)17-10-12-20(13-11-17)14-15-6-2-1-3-7-15/h1-3,6-7,16-18H,4-5,8-14,19H2. The number of piperidine rings is 1. The smallest absolute Gasteiger partial charge is 0.0233 e. The zero-order chi connectivity index (χ0) is 13.8. The number of nitrogens with zero attached hydrogens (tertiary/aromatic N) is 1. The van der Waals surface area contributed by atoms with Crippen molar-refractivity contribution in [3.05, 3.63) is 35.9 Å². The van der Waals surface area contributed by atoms with Gasteiger partial charge in [-0.3, -0.25) is 4.90 Å². The lowest BCUT2D eigenvalue weighted by molar-refractivity contribution is 0.145. The lowest BCUT2D eigenvalue weighted by Gasteiger charge is -2.36. The van der Waals surface area contributed by atoms with E-state index in [-0.39, 0.29) is 0 Å². The van der Waals surface area contributed by atoms with Crippen molar-refractivity contribution in [3.63, 3.8) is 0 Å². The molecule has 1 aromatic carbocycles. The molecule has 0 aromatic heterocycles. The molecular weight excluding hydrogens is 244 g/mol. The fourth-order valence-corrected chi connectivity index (χ4v) is 4.06. The van der Waals surface area contributed by atoms with Crippen LogP contribution in [0.15, 0.2) is 30.3 Å². The normalized spacial score (nSPS) is 24.1. The van der Waals surface area contributed by atoms with E-state index >= 15 is 0 Å². The SMILES string of the molecule is NC(C1CCCC1)C1CCN(Cc2ccccc2)CC1. The van der Waals surface area contributed by atoms with Crippen LogP contribution in [0.5, 0.6) is 0 Å². The summed E-state index contributed by atoms with van der Waals surface area (Å²) in [6, 6.07) is 11.3. The molecular formula is C18H28N2. The molecule has 0 radical (unpaired) electrons. The van der Waals surface area contributed by atoms with Gasteiger partial charge in [-0.2, -0.15) is 0 Å². The molecule has 0 spiro atoms. The number of rotatable bonds is 4. The van der Waals surface area contributed by atoms with Gasteiger partial charge in [-0.25, -0.2) is 0 Å². The van der Waals surface area contributed by atoms with Crippen LogP contribution < -0.4 is 5.73 Å². The number of hydrogen-bond donors (Lipinski definition) is 1. The summed E-state index contributed by atoms with van der Waals surface area (Å²) < 4.78 is 0. The minimum Gasteiger partial charge on any atom is -0.327 e. The van der Waals surface area contributed by atoms with E-state index in [1.54, 1.807) is 0 Å². The van der Waals surface area contributed by atoms with Crippen LogP contribution in [0.4, 0.5) is 0 Å². The highest BCUT2D eigenvalue weighted by Gasteiger charge is 2.30. The predicted octanol–water partition coefficient (Wildman–Crippen LogP) is 3.42. The van der Waals surface area contributed by atoms with E-state index in [9.17, 15) is 0 Å². The number of likely N-dealkylation sites (tertiary alicyclic amines) is 1. The summed E-state index contributed by atoms with van der Waals surface area (Å²) in [5.74, 6) is 1.59. The molecule has 110 valence electrons. The van der Waals surface area contributed by atoms with Gasteiger partial charge < -0.3 is 5.73 Å². The van der Waals surface area contributed by atoms with Crippen LogP contribution in [0.3, 0.4) is 0 Å². The third-order valence-corrected chi connectivity index (χ3v) is 5.37. The van der Waals surface area contributed by atoms with Gasteiger partial charge in [0.1, 0.15) is 0 Å². The highest BCUT2D eigenvalue weighted by Crippen LogP contribution is 2.33. The molecule has 2 fully saturated rings. The van der Waals surface area contributed by atoms with Crippen LogP contribution in [0.1, 0.15) is 44.1 Å². The van der Waals surface area contributed by atoms with Crippen LogP contribution in [0.2, 0.25) is 0 Å². The van der Waals surface area contributed by atoms with E-state index in [0.717, 1.165) is 18.4 Å². The van der Waals surface area contributed by atoms with Crippen molar-refractivity contribution >= 4 is 0 Å². The van der Waals surface area contributed by atoms with Crippen LogP contribution in [0, 0.1) is 11.8 Å². The van der Waals surface area contributed by atoms with Gasteiger partial charge in [-0.15, -0.1) is 0 Å². The van der Waals surface area contributed by atoms with Crippen molar-refractivity contribution in [3.8, 4) is 0 Å². The molecule has 1 saturated heterocycles. The molecule has 0 amide bonds. The van der Waals surface area contributed by atoms with Gasteiger partial charge in [-0.05, 0) is 56.2 Å². The van der Waals surface area contributed by atoms with Gasteiger partial charge in [-0.1, -0.05) is 43.2 Å². The molecule has 2 heteroatoms. The molecule has 1 aliphatic heterocycles. The van der Waals surface area contributed by atoms with E-state index in [0.29, 0.717) is 6.04 Å².